The third kappa shape index (κ3) is 4.38. The summed E-state index contributed by atoms with van der Waals surface area (Å²) < 4.78 is 18.4. The van der Waals surface area contributed by atoms with E-state index in [9.17, 15) is 4.39 Å². The first-order chi connectivity index (χ1) is 8.17. The molecular weight excluding hydrogens is 223 g/mol. The molecule has 1 rings (SSSR count). The molecule has 0 unspecified atom stereocenters. The quantitative estimate of drug-likeness (QED) is 0.241. The Balaban J connectivity index is 2.70. The summed E-state index contributed by atoms with van der Waals surface area (Å²) in [7, 11) is 1.58. The number of aryl methyl sites for hydroxylation is 1. The molecule has 0 heterocycles. The summed E-state index contributed by atoms with van der Waals surface area (Å²) in [6, 6.07) is 4.87. The van der Waals surface area contributed by atoms with E-state index in [-0.39, 0.29) is 5.82 Å². The molecule has 0 atom stereocenters. The number of ether oxygens (including phenoxy) is 1. The van der Waals surface area contributed by atoms with Gasteiger partial charge < -0.3 is 10.1 Å². The first-order valence-corrected chi connectivity index (χ1v) is 5.20. The number of hydrogen-bond donors (Lipinski definition) is 3. The summed E-state index contributed by atoms with van der Waals surface area (Å²) in [5, 5.41) is 2.77. The maximum absolute atomic E-state index is 13.5. The Morgan fingerprint density at radius 2 is 2.29 bits per heavy atom. The minimum Gasteiger partial charge on any atom is -0.383 e. The average molecular weight is 240 g/mol. The van der Waals surface area contributed by atoms with Crippen LogP contribution in [0.15, 0.2) is 23.2 Å². The van der Waals surface area contributed by atoms with E-state index in [0.717, 1.165) is 5.56 Å². The van der Waals surface area contributed by atoms with Crippen LogP contribution in [0.1, 0.15) is 5.56 Å². The van der Waals surface area contributed by atoms with Gasteiger partial charge in [-0.15, -0.1) is 0 Å². The van der Waals surface area contributed by atoms with Crippen molar-refractivity contribution in [2.45, 2.75) is 6.92 Å². The van der Waals surface area contributed by atoms with E-state index in [4.69, 9.17) is 10.6 Å². The second-order valence-electron chi connectivity index (χ2n) is 3.48. The fraction of sp³-hybridized carbons (Fsp3) is 0.364. The second kappa shape index (κ2) is 6.82. The number of halogens is 1. The molecule has 0 fully saturated rings. The summed E-state index contributed by atoms with van der Waals surface area (Å²) in [6.45, 7) is 2.74. The molecule has 17 heavy (non-hydrogen) atoms. The lowest BCUT2D eigenvalue weighted by atomic mass is 10.2. The molecule has 1 aromatic carbocycles. The predicted molar refractivity (Wildman–Crippen MR) is 66.3 cm³/mol. The lowest BCUT2D eigenvalue weighted by Crippen LogP contribution is -2.36. The number of hydrazine groups is 1. The van der Waals surface area contributed by atoms with Crippen LogP contribution in [0, 0.1) is 12.7 Å². The molecule has 0 spiro atoms. The number of methoxy groups -OCH3 is 1. The van der Waals surface area contributed by atoms with E-state index in [2.05, 4.69) is 15.7 Å². The highest BCUT2D eigenvalue weighted by Gasteiger charge is 2.04. The molecule has 0 aliphatic heterocycles. The number of aliphatic imine (C=N–C) groups is 1. The second-order valence-corrected chi connectivity index (χ2v) is 3.48. The number of benzene rings is 1. The van der Waals surface area contributed by atoms with Crippen molar-refractivity contribution in [3.8, 4) is 0 Å². The Hall–Kier alpha value is -1.66. The summed E-state index contributed by atoms with van der Waals surface area (Å²) in [5.74, 6) is 5.22. The van der Waals surface area contributed by atoms with E-state index >= 15 is 0 Å². The van der Waals surface area contributed by atoms with Gasteiger partial charge in [-0.25, -0.2) is 15.2 Å². The van der Waals surface area contributed by atoms with Gasteiger partial charge in [0.2, 0.25) is 5.96 Å². The molecule has 4 N–H and O–H groups in total. The Morgan fingerprint density at radius 1 is 1.53 bits per heavy atom. The van der Waals surface area contributed by atoms with Crippen LogP contribution in [-0.2, 0) is 4.74 Å². The standard InChI is InChI=1S/C11H17FN4O/c1-8-3-4-10(9(12)7-8)15-11(16-13)14-5-6-17-2/h3-4,7H,5-6,13H2,1-2H3,(H2,14,15,16). The summed E-state index contributed by atoms with van der Waals surface area (Å²) in [6.07, 6.45) is 0. The third-order valence-corrected chi connectivity index (χ3v) is 2.08. The van der Waals surface area contributed by atoms with Gasteiger partial charge in [-0.1, -0.05) is 6.07 Å². The predicted octanol–water partition coefficient (Wildman–Crippen LogP) is 1.01. The molecule has 1 aromatic rings. The van der Waals surface area contributed by atoms with E-state index in [1.807, 2.05) is 6.92 Å². The minimum absolute atomic E-state index is 0.296. The first-order valence-electron chi connectivity index (χ1n) is 5.20. The van der Waals surface area contributed by atoms with Crippen molar-refractivity contribution in [3.63, 3.8) is 0 Å². The molecule has 0 aromatic heterocycles. The largest absolute Gasteiger partial charge is 0.383 e. The zero-order chi connectivity index (χ0) is 12.7. The van der Waals surface area contributed by atoms with Crippen LogP contribution in [0.3, 0.4) is 0 Å². The van der Waals surface area contributed by atoms with Gasteiger partial charge in [-0.05, 0) is 24.6 Å². The van der Waals surface area contributed by atoms with Gasteiger partial charge in [0.05, 0.1) is 18.8 Å². The van der Waals surface area contributed by atoms with Crippen molar-refractivity contribution in [1.82, 2.24) is 5.43 Å². The number of hydrogen-bond acceptors (Lipinski definition) is 3. The summed E-state index contributed by atoms with van der Waals surface area (Å²) in [5.41, 5.74) is 3.55. The molecule has 0 aliphatic rings. The third-order valence-electron chi connectivity index (χ3n) is 2.08. The van der Waals surface area contributed by atoms with Crippen molar-refractivity contribution in [2.75, 3.05) is 25.6 Å². The topological polar surface area (TPSA) is 71.7 Å². The van der Waals surface area contributed by atoms with Gasteiger partial charge in [0, 0.05) is 7.11 Å². The van der Waals surface area contributed by atoms with Crippen molar-refractivity contribution in [3.05, 3.63) is 29.6 Å². The highest BCUT2D eigenvalue weighted by atomic mass is 19.1. The Kier molecular flexibility index (Phi) is 5.38. The maximum atomic E-state index is 13.5. The number of guanidine groups is 1. The lowest BCUT2D eigenvalue weighted by molar-refractivity contribution is 0.208. The summed E-state index contributed by atoms with van der Waals surface area (Å²) >= 11 is 0. The van der Waals surface area contributed by atoms with Crippen molar-refractivity contribution >= 4 is 11.6 Å². The molecule has 94 valence electrons. The smallest absolute Gasteiger partial charge is 0.210 e. The highest BCUT2D eigenvalue weighted by molar-refractivity contribution is 5.93. The number of nitrogens with one attached hydrogen (secondary N) is 2. The van der Waals surface area contributed by atoms with E-state index in [1.165, 1.54) is 6.07 Å². The monoisotopic (exact) mass is 240 g/mol. The molecular formula is C11H17FN4O. The van der Waals surface area contributed by atoms with Crippen LogP contribution in [0.25, 0.3) is 0 Å². The molecule has 0 saturated carbocycles. The molecule has 0 saturated heterocycles. The molecule has 0 bridgehead atoms. The number of anilines is 1. The van der Waals surface area contributed by atoms with Crippen molar-refractivity contribution in [2.24, 2.45) is 10.8 Å². The van der Waals surface area contributed by atoms with Crippen LogP contribution in [0.4, 0.5) is 10.1 Å². The van der Waals surface area contributed by atoms with E-state index in [0.29, 0.717) is 24.8 Å². The molecule has 6 heteroatoms. The van der Waals surface area contributed by atoms with E-state index < -0.39 is 0 Å². The maximum Gasteiger partial charge on any atom is 0.210 e. The van der Waals surface area contributed by atoms with E-state index in [1.54, 1.807) is 19.2 Å². The molecule has 0 aliphatic carbocycles. The van der Waals surface area contributed by atoms with Gasteiger partial charge >= 0.3 is 0 Å². The van der Waals surface area contributed by atoms with Crippen LogP contribution < -0.4 is 16.6 Å². The van der Waals surface area contributed by atoms with Crippen molar-refractivity contribution < 1.29 is 9.13 Å². The SMILES string of the molecule is COCCN=C(NN)Nc1ccc(C)cc1F. The molecule has 0 radical (unpaired) electrons. The number of rotatable bonds is 4. The van der Waals surface area contributed by atoms with Crippen LogP contribution in [0.2, 0.25) is 0 Å². The normalized spacial score (nSPS) is 11.4. The number of nitrogens with zero attached hydrogens (tertiary/aromatic N) is 1. The molecule has 0 amide bonds. The van der Waals surface area contributed by atoms with Gasteiger partial charge in [-0.3, -0.25) is 5.43 Å². The van der Waals surface area contributed by atoms with Crippen molar-refractivity contribution in [1.29, 1.82) is 0 Å². The van der Waals surface area contributed by atoms with Gasteiger partial charge in [0.1, 0.15) is 5.82 Å². The molecule has 5 nitrogen and oxygen atoms in total. The van der Waals surface area contributed by atoms with Gasteiger partial charge in [-0.2, -0.15) is 0 Å². The average Bonchev–Trinajstić information content (AvgIpc) is 2.31. The number of nitrogens with two attached hydrogens (primary N) is 1. The Labute approximate surface area is 99.8 Å². The zero-order valence-electron chi connectivity index (χ0n) is 9.96. The first kappa shape index (κ1) is 13.4. The Bertz CT molecular complexity index is 395. The van der Waals surface area contributed by atoms with Gasteiger partial charge in [0.15, 0.2) is 0 Å². The highest BCUT2D eigenvalue weighted by Crippen LogP contribution is 2.14. The van der Waals surface area contributed by atoms with Gasteiger partial charge in [0.25, 0.3) is 0 Å². The fourth-order valence-electron chi connectivity index (χ4n) is 1.22. The zero-order valence-corrected chi connectivity index (χ0v) is 9.96. The fourth-order valence-corrected chi connectivity index (χ4v) is 1.22. The van der Waals surface area contributed by atoms with Crippen LogP contribution >= 0.6 is 0 Å². The summed E-state index contributed by atoms with van der Waals surface area (Å²) in [4.78, 5) is 4.07. The Morgan fingerprint density at radius 3 is 2.88 bits per heavy atom. The lowest BCUT2D eigenvalue weighted by Gasteiger charge is -2.10. The van der Waals surface area contributed by atoms with Crippen LogP contribution in [-0.4, -0.2) is 26.2 Å². The minimum atomic E-state index is -0.348. The van der Waals surface area contributed by atoms with Crippen LogP contribution in [0.5, 0.6) is 0 Å².